The summed E-state index contributed by atoms with van der Waals surface area (Å²) in [6.45, 7) is 5.11. The third-order valence-electron chi connectivity index (χ3n) is 7.04. The molecule has 6 rings (SSSR count). The standard InChI is InChI=1S/C26H27N7O/c1-26(2)16-24(34)29-21-15-19(10-11-20(21)26)28-25-30-23-17-27-12-14-33(23,31-25)32-13-6-9-22(32)18-7-4-3-5-8-18/h3-5,7-8,10-12,14-15,17,22H,6,9,13,16H2,1-2H3,(H-,28,29,31,34)/p+1. The van der Waals surface area contributed by atoms with E-state index >= 15 is 0 Å². The molecule has 2 atom stereocenters. The van der Waals surface area contributed by atoms with Crippen molar-refractivity contribution in [2.75, 3.05) is 17.2 Å². The van der Waals surface area contributed by atoms with Crippen molar-refractivity contribution in [3.8, 4) is 0 Å². The van der Waals surface area contributed by atoms with Crippen LogP contribution in [0.1, 0.15) is 50.3 Å². The van der Waals surface area contributed by atoms with E-state index in [0.29, 0.717) is 12.4 Å². The molecule has 1 fully saturated rings. The van der Waals surface area contributed by atoms with E-state index in [4.69, 9.17) is 10.1 Å². The van der Waals surface area contributed by atoms with Crippen molar-refractivity contribution >= 4 is 35.3 Å². The maximum atomic E-state index is 12.2. The van der Waals surface area contributed by atoms with Crippen molar-refractivity contribution in [1.82, 2.24) is 5.01 Å². The fraction of sp³-hybridized carbons (Fsp3) is 0.308. The van der Waals surface area contributed by atoms with Crippen LogP contribution >= 0.6 is 0 Å². The molecule has 172 valence electrons. The van der Waals surface area contributed by atoms with Gasteiger partial charge in [0.05, 0.1) is 18.8 Å². The Morgan fingerprint density at radius 2 is 2.03 bits per heavy atom. The van der Waals surface area contributed by atoms with Gasteiger partial charge in [-0.15, -0.1) is 10.0 Å². The average molecular weight is 455 g/mol. The second-order valence-electron chi connectivity index (χ2n) is 9.85. The molecule has 1 amide bonds. The van der Waals surface area contributed by atoms with Crippen LogP contribution in [0.3, 0.4) is 0 Å². The number of nitrogens with one attached hydrogen (secondary N) is 2. The molecular formula is C26H28N7O+. The lowest BCUT2D eigenvalue weighted by molar-refractivity contribution is -0.921. The minimum absolute atomic E-state index is 0.0390. The third-order valence-corrected chi connectivity index (χ3v) is 7.04. The van der Waals surface area contributed by atoms with Gasteiger partial charge in [-0.2, -0.15) is 0 Å². The van der Waals surface area contributed by atoms with E-state index in [-0.39, 0.29) is 22.1 Å². The summed E-state index contributed by atoms with van der Waals surface area (Å²) in [5.41, 5.74) is 3.90. The molecule has 0 bridgehead atoms. The normalized spacial score (nSPS) is 27.0. The van der Waals surface area contributed by atoms with Crippen LogP contribution in [0.2, 0.25) is 0 Å². The summed E-state index contributed by atoms with van der Waals surface area (Å²) in [7, 11) is 0. The van der Waals surface area contributed by atoms with Gasteiger partial charge in [0.15, 0.2) is 6.20 Å². The number of guanidine groups is 1. The van der Waals surface area contributed by atoms with E-state index < -0.39 is 0 Å². The molecule has 2 aromatic carbocycles. The Morgan fingerprint density at radius 1 is 1.18 bits per heavy atom. The van der Waals surface area contributed by atoms with Gasteiger partial charge in [0.2, 0.25) is 5.91 Å². The Balaban J connectivity index is 1.33. The lowest BCUT2D eigenvalue weighted by Crippen LogP contribution is -2.56. The second-order valence-corrected chi connectivity index (χ2v) is 9.85. The molecule has 2 N–H and O–H groups in total. The zero-order valence-electron chi connectivity index (χ0n) is 19.4. The molecule has 0 saturated carbocycles. The first-order chi connectivity index (χ1) is 16.4. The summed E-state index contributed by atoms with van der Waals surface area (Å²) in [6, 6.07) is 16.9. The molecule has 4 heterocycles. The van der Waals surface area contributed by atoms with Crippen LogP contribution in [0.5, 0.6) is 0 Å². The quantitative estimate of drug-likeness (QED) is 0.669. The van der Waals surface area contributed by atoms with E-state index in [0.717, 1.165) is 42.2 Å². The van der Waals surface area contributed by atoms with Gasteiger partial charge in [-0.1, -0.05) is 50.2 Å². The minimum Gasteiger partial charge on any atom is -0.326 e. The van der Waals surface area contributed by atoms with Crippen molar-refractivity contribution in [2.45, 2.75) is 44.6 Å². The van der Waals surface area contributed by atoms with E-state index in [1.54, 1.807) is 12.4 Å². The molecule has 1 saturated heterocycles. The van der Waals surface area contributed by atoms with Crippen LogP contribution in [0, 0.1) is 0 Å². The van der Waals surface area contributed by atoms with Crippen LogP contribution in [0.15, 0.2) is 76.0 Å². The third kappa shape index (κ3) is 3.38. The predicted molar refractivity (Wildman–Crippen MR) is 134 cm³/mol. The van der Waals surface area contributed by atoms with Crippen molar-refractivity contribution < 1.29 is 9.50 Å². The highest BCUT2D eigenvalue weighted by atomic mass is 16.1. The average Bonchev–Trinajstić information content (AvgIpc) is 3.44. The zero-order chi connectivity index (χ0) is 23.3. The van der Waals surface area contributed by atoms with Crippen LogP contribution in [0.25, 0.3) is 0 Å². The molecule has 8 nitrogen and oxygen atoms in total. The first-order valence-corrected chi connectivity index (χ1v) is 11.8. The zero-order valence-corrected chi connectivity index (χ0v) is 19.4. The van der Waals surface area contributed by atoms with E-state index in [9.17, 15) is 4.79 Å². The topological polar surface area (TPSA) is 81.5 Å². The van der Waals surface area contributed by atoms with Gasteiger partial charge >= 0.3 is 5.84 Å². The summed E-state index contributed by atoms with van der Waals surface area (Å²) in [5.74, 6) is 1.32. The molecule has 4 aliphatic heterocycles. The van der Waals surface area contributed by atoms with Crippen molar-refractivity contribution in [3.05, 3.63) is 72.1 Å². The molecule has 4 aliphatic rings. The summed E-state index contributed by atoms with van der Waals surface area (Å²) >= 11 is 0. The number of fused-ring (bicyclic) bond motifs is 2. The molecular weight excluding hydrogens is 426 g/mol. The largest absolute Gasteiger partial charge is 0.326 e. The van der Waals surface area contributed by atoms with Gasteiger partial charge in [-0.25, -0.2) is 0 Å². The highest BCUT2D eigenvalue weighted by Crippen LogP contribution is 2.41. The minimum atomic E-state index is -0.194. The lowest BCUT2D eigenvalue weighted by Gasteiger charge is -2.35. The molecule has 0 aliphatic carbocycles. The number of anilines is 2. The number of carbonyl (C=O) groups excluding carboxylic acids is 1. The monoisotopic (exact) mass is 454 g/mol. The van der Waals surface area contributed by atoms with E-state index in [1.165, 1.54) is 5.56 Å². The number of quaternary nitrogens is 1. The van der Waals surface area contributed by atoms with Gasteiger partial charge in [0.25, 0.3) is 5.96 Å². The van der Waals surface area contributed by atoms with Crippen LogP contribution in [-0.4, -0.2) is 40.2 Å². The fourth-order valence-electron chi connectivity index (χ4n) is 5.46. The summed E-state index contributed by atoms with van der Waals surface area (Å²) in [5, 5.41) is 13.8. The molecule has 0 radical (unpaired) electrons. The highest BCUT2D eigenvalue weighted by molar-refractivity contribution is 6.30. The van der Waals surface area contributed by atoms with Gasteiger partial charge in [-0.05, 0) is 45.9 Å². The Hall–Kier alpha value is -3.62. The van der Waals surface area contributed by atoms with Crippen LogP contribution < -0.4 is 10.6 Å². The molecule has 0 aromatic heterocycles. The Kier molecular flexibility index (Phi) is 4.75. The number of amides is 1. The fourth-order valence-corrected chi connectivity index (χ4v) is 5.46. The first kappa shape index (κ1) is 20.9. The van der Waals surface area contributed by atoms with Gasteiger partial charge in [0, 0.05) is 23.2 Å². The number of hydrogen-bond donors (Lipinski definition) is 2. The van der Waals surface area contributed by atoms with Crippen molar-refractivity contribution in [1.29, 1.82) is 0 Å². The van der Waals surface area contributed by atoms with Crippen LogP contribution in [0.4, 0.5) is 11.4 Å². The Labute approximate surface area is 199 Å². The van der Waals surface area contributed by atoms with Crippen LogP contribution in [-0.2, 0) is 10.2 Å². The summed E-state index contributed by atoms with van der Waals surface area (Å²) in [6.07, 6.45) is 8.22. The molecule has 2 aromatic rings. The van der Waals surface area contributed by atoms with E-state index in [1.807, 2.05) is 24.4 Å². The van der Waals surface area contributed by atoms with Gasteiger partial charge < -0.3 is 10.6 Å². The number of nitrogens with zero attached hydrogens (tertiary/aromatic N) is 5. The SMILES string of the molecule is CC1(C)CC(=O)Nc2cc(NC3=N[N+]4(N5CCCC5c5ccccc5)C=CN=CC4=N3)ccc21. The first-order valence-electron chi connectivity index (χ1n) is 11.8. The Bertz CT molecular complexity index is 1280. The summed E-state index contributed by atoms with van der Waals surface area (Å²) in [4.78, 5) is 21.3. The molecule has 2 unspecified atom stereocenters. The second kappa shape index (κ2) is 7.72. The number of carbonyl (C=O) groups is 1. The number of amidine groups is 1. The Morgan fingerprint density at radius 3 is 2.88 bits per heavy atom. The molecule has 34 heavy (non-hydrogen) atoms. The number of aliphatic imine (C=N–C) groups is 2. The highest BCUT2D eigenvalue weighted by Gasteiger charge is 2.51. The molecule has 0 spiro atoms. The number of rotatable bonds is 3. The van der Waals surface area contributed by atoms with Gasteiger partial charge in [0.1, 0.15) is 6.21 Å². The summed E-state index contributed by atoms with van der Waals surface area (Å²) < 4.78 is 0.181. The molecule has 8 heteroatoms. The number of hydrogen-bond acceptors (Lipinski definition) is 6. The predicted octanol–water partition coefficient (Wildman–Crippen LogP) is 4.53. The van der Waals surface area contributed by atoms with Crippen molar-refractivity contribution in [2.24, 2.45) is 15.1 Å². The number of benzene rings is 2. The smallest absolute Gasteiger partial charge is 0.301 e. The maximum absolute atomic E-state index is 12.2. The van der Waals surface area contributed by atoms with Crippen molar-refractivity contribution in [3.63, 3.8) is 0 Å². The van der Waals surface area contributed by atoms with Gasteiger partial charge in [-0.3, -0.25) is 9.79 Å². The van der Waals surface area contributed by atoms with E-state index in [2.05, 4.69) is 64.8 Å². The maximum Gasteiger partial charge on any atom is 0.301 e. The lowest BCUT2D eigenvalue weighted by atomic mass is 9.78.